The molecule has 4 aromatic carbocycles. The Hall–Kier alpha value is -4.79. The molecule has 0 unspecified atom stereocenters. The number of carbonyl (C=O) groups excluding carboxylic acids is 1. The fraction of sp³-hybridized carbons (Fsp3) is 0.206. The predicted octanol–water partition coefficient (Wildman–Crippen LogP) is 7.17. The van der Waals surface area contributed by atoms with Crippen LogP contribution >= 0.6 is 0 Å². The zero-order chi connectivity index (χ0) is 29.5. The Morgan fingerprint density at radius 1 is 0.690 bits per heavy atom. The van der Waals surface area contributed by atoms with E-state index < -0.39 is 12.3 Å². The molecule has 1 aliphatic rings. The lowest BCUT2D eigenvalue weighted by Gasteiger charge is -2.15. The lowest BCUT2D eigenvalue weighted by Crippen LogP contribution is -2.02. The van der Waals surface area contributed by atoms with Gasteiger partial charge in [0.1, 0.15) is 17.2 Å². The molecule has 0 amide bonds. The molecule has 0 aliphatic carbocycles. The van der Waals surface area contributed by atoms with Gasteiger partial charge in [-0.3, -0.25) is 0 Å². The van der Waals surface area contributed by atoms with Crippen LogP contribution in [0.4, 0.5) is 0 Å². The van der Waals surface area contributed by atoms with E-state index in [9.17, 15) is 4.79 Å². The molecule has 1 heterocycles. The van der Waals surface area contributed by atoms with Crippen LogP contribution in [-0.2, 0) is 14.2 Å². The van der Waals surface area contributed by atoms with Gasteiger partial charge >= 0.3 is 5.97 Å². The molecule has 0 spiro atoms. The van der Waals surface area contributed by atoms with E-state index in [1.54, 1.807) is 33.5 Å². The molecule has 0 bridgehead atoms. The van der Waals surface area contributed by atoms with Gasteiger partial charge in [-0.1, -0.05) is 30.4 Å². The summed E-state index contributed by atoms with van der Waals surface area (Å²) in [5.74, 6) is 2.70. The summed E-state index contributed by atoms with van der Waals surface area (Å²) in [7, 11) is 6.16. The molecule has 0 atom stereocenters. The highest BCUT2D eigenvalue weighted by Crippen LogP contribution is 2.37. The Morgan fingerprint density at radius 2 is 1.40 bits per heavy atom. The van der Waals surface area contributed by atoms with Crippen molar-refractivity contribution >= 4 is 18.1 Å². The lowest BCUT2D eigenvalue weighted by atomic mass is 9.96. The average molecular weight is 569 g/mol. The highest BCUT2D eigenvalue weighted by atomic mass is 16.7. The van der Waals surface area contributed by atoms with Gasteiger partial charge in [-0.2, -0.15) is 0 Å². The summed E-state index contributed by atoms with van der Waals surface area (Å²) in [6.45, 7) is 1.13. The van der Waals surface area contributed by atoms with E-state index >= 15 is 0 Å². The minimum absolute atomic E-state index is 0.405. The van der Waals surface area contributed by atoms with Crippen LogP contribution in [0.2, 0.25) is 0 Å². The predicted molar refractivity (Wildman–Crippen MR) is 159 cm³/mol. The summed E-state index contributed by atoms with van der Waals surface area (Å²) in [5.41, 5.74) is 4.92. The van der Waals surface area contributed by atoms with Crippen LogP contribution in [0.15, 0.2) is 78.9 Å². The van der Waals surface area contributed by atoms with E-state index in [1.165, 1.54) is 7.11 Å². The second-order valence-electron chi connectivity index (χ2n) is 9.35. The van der Waals surface area contributed by atoms with Crippen LogP contribution in [-0.4, -0.2) is 47.6 Å². The topological polar surface area (TPSA) is 81.7 Å². The van der Waals surface area contributed by atoms with Crippen LogP contribution in [0.3, 0.4) is 0 Å². The minimum atomic E-state index is -0.426. The highest BCUT2D eigenvalue weighted by Gasteiger charge is 2.20. The van der Waals surface area contributed by atoms with Gasteiger partial charge in [0.2, 0.25) is 0 Å². The normalized spacial score (nSPS) is 13.2. The molecule has 0 saturated carbocycles. The van der Waals surface area contributed by atoms with Crippen molar-refractivity contribution in [3.8, 4) is 39.9 Å². The van der Waals surface area contributed by atoms with Crippen molar-refractivity contribution in [2.75, 3.05) is 41.7 Å². The van der Waals surface area contributed by atoms with Crippen molar-refractivity contribution in [2.24, 2.45) is 0 Å². The summed E-state index contributed by atoms with van der Waals surface area (Å²) >= 11 is 0. The molecule has 1 aliphatic heterocycles. The van der Waals surface area contributed by atoms with Crippen LogP contribution < -0.4 is 18.9 Å². The van der Waals surface area contributed by atoms with E-state index in [0.29, 0.717) is 41.8 Å². The molecule has 8 heteroatoms. The maximum Gasteiger partial charge on any atom is 0.337 e. The van der Waals surface area contributed by atoms with Gasteiger partial charge in [0, 0.05) is 11.1 Å². The maximum atomic E-state index is 12.0. The fourth-order valence-corrected chi connectivity index (χ4v) is 4.64. The fourth-order valence-electron chi connectivity index (χ4n) is 4.64. The number of methoxy groups -OCH3 is 4. The van der Waals surface area contributed by atoms with Crippen molar-refractivity contribution in [2.45, 2.75) is 6.29 Å². The molecule has 42 heavy (non-hydrogen) atoms. The van der Waals surface area contributed by atoms with Crippen molar-refractivity contribution in [3.05, 3.63) is 101 Å². The van der Waals surface area contributed by atoms with Gasteiger partial charge in [-0.25, -0.2) is 4.79 Å². The molecule has 5 rings (SSSR count). The third kappa shape index (κ3) is 6.40. The first-order valence-electron chi connectivity index (χ1n) is 13.3. The van der Waals surface area contributed by atoms with Gasteiger partial charge in [0.25, 0.3) is 0 Å². The van der Waals surface area contributed by atoms with Crippen LogP contribution in [0.25, 0.3) is 23.3 Å². The summed E-state index contributed by atoms with van der Waals surface area (Å²) in [6.07, 6.45) is 3.61. The molecule has 0 N–H and O–H groups in total. The Balaban J connectivity index is 1.39. The molecule has 0 aromatic heterocycles. The Labute approximate surface area is 245 Å². The number of hydrogen-bond donors (Lipinski definition) is 0. The van der Waals surface area contributed by atoms with E-state index in [2.05, 4.69) is 0 Å². The first-order chi connectivity index (χ1) is 20.5. The van der Waals surface area contributed by atoms with Crippen molar-refractivity contribution in [1.82, 2.24) is 0 Å². The number of hydrogen-bond acceptors (Lipinski definition) is 8. The number of ether oxygens (including phenoxy) is 7. The zero-order valence-corrected chi connectivity index (χ0v) is 23.9. The van der Waals surface area contributed by atoms with E-state index in [4.69, 9.17) is 33.2 Å². The van der Waals surface area contributed by atoms with E-state index in [-0.39, 0.29) is 0 Å². The molecule has 8 nitrogen and oxygen atoms in total. The quantitative estimate of drug-likeness (QED) is 0.147. The van der Waals surface area contributed by atoms with E-state index in [0.717, 1.165) is 33.6 Å². The minimum Gasteiger partial charge on any atom is -0.497 e. The number of rotatable bonds is 10. The molecular weight excluding hydrogens is 536 g/mol. The van der Waals surface area contributed by atoms with Crippen LogP contribution in [0, 0.1) is 0 Å². The Kier molecular flexibility index (Phi) is 9.06. The molecule has 4 aromatic rings. The average Bonchev–Trinajstić information content (AvgIpc) is 3.59. The van der Waals surface area contributed by atoms with Gasteiger partial charge < -0.3 is 33.2 Å². The summed E-state index contributed by atoms with van der Waals surface area (Å²) in [4.78, 5) is 12.0. The molecule has 1 fully saturated rings. The zero-order valence-electron chi connectivity index (χ0n) is 23.9. The summed E-state index contributed by atoms with van der Waals surface area (Å²) in [5, 5.41) is 0. The van der Waals surface area contributed by atoms with Gasteiger partial charge in [0.05, 0.1) is 47.2 Å². The van der Waals surface area contributed by atoms with Crippen molar-refractivity contribution in [1.29, 1.82) is 0 Å². The number of carbonyl (C=O) groups is 1. The smallest absolute Gasteiger partial charge is 0.337 e. The van der Waals surface area contributed by atoms with Crippen molar-refractivity contribution < 1.29 is 38.0 Å². The molecular formula is C34H32O8. The Bertz CT molecular complexity index is 1570. The molecule has 0 radical (unpaired) electrons. The van der Waals surface area contributed by atoms with Gasteiger partial charge in [-0.15, -0.1) is 0 Å². The maximum absolute atomic E-state index is 12.0. The lowest BCUT2D eigenvalue weighted by molar-refractivity contribution is -0.0442. The monoisotopic (exact) mass is 568 g/mol. The Morgan fingerprint density at radius 3 is 2.10 bits per heavy atom. The van der Waals surface area contributed by atoms with Gasteiger partial charge in [0.15, 0.2) is 17.8 Å². The third-order valence-electron chi connectivity index (χ3n) is 6.82. The number of esters is 1. The number of benzene rings is 4. The van der Waals surface area contributed by atoms with E-state index in [1.807, 2.05) is 78.9 Å². The summed E-state index contributed by atoms with van der Waals surface area (Å²) < 4.78 is 38.9. The molecule has 1 saturated heterocycles. The van der Waals surface area contributed by atoms with Crippen LogP contribution in [0.1, 0.15) is 33.3 Å². The van der Waals surface area contributed by atoms with Crippen LogP contribution in [0.5, 0.6) is 28.7 Å². The van der Waals surface area contributed by atoms with Gasteiger partial charge in [-0.05, 0) is 77.4 Å². The standard InChI is InChI=1S/C34H32O8/c1-36-27-13-15-28(29-14-9-24(33(35)39-4)20-31(29)38-3)23(19-27)8-5-22-6-11-26(12-7-22)42-32-21-25(10-16-30(32)37-2)34-40-17-18-41-34/h5-16,19-21,34H,17-18H2,1-4H3/b8-5+. The largest absolute Gasteiger partial charge is 0.497 e. The van der Waals surface area contributed by atoms with Crippen molar-refractivity contribution in [3.63, 3.8) is 0 Å². The summed E-state index contributed by atoms with van der Waals surface area (Å²) in [6, 6.07) is 24.4. The third-order valence-corrected chi connectivity index (χ3v) is 6.82. The molecule has 216 valence electrons. The SMILES string of the molecule is COC(=O)c1ccc(-c2ccc(OC)cc2/C=C/c2ccc(Oc3cc(C4OCCO4)ccc3OC)cc2)c(OC)c1. The highest BCUT2D eigenvalue weighted by molar-refractivity contribution is 5.92. The second-order valence-corrected chi connectivity index (χ2v) is 9.35. The first kappa shape index (κ1) is 28.7. The first-order valence-corrected chi connectivity index (χ1v) is 13.3. The second kappa shape index (κ2) is 13.2.